The summed E-state index contributed by atoms with van der Waals surface area (Å²) < 4.78 is 4.66. The Morgan fingerprint density at radius 3 is 1.86 bits per heavy atom. The number of hydrogen-bond donors (Lipinski definition) is 6. The number of ether oxygens (including phenoxy) is 1. The third kappa shape index (κ3) is 1.63. The molecule has 0 bridgehead atoms. The van der Waals surface area contributed by atoms with Crippen molar-refractivity contribution in [2.75, 3.05) is 13.2 Å². The van der Waals surface area contributed by atoms with Crippen LogP contribution in [0.4, 0.5) is 0 Å². The number of rotatable bonds is 2. The Kier molecular flexibility index (Phi) is 3.43. The van der Waals surface area contributed by atoms with E-state index in [9.17, 15) is 10.2 Å². The predicted octanol–water partition coefficient (Wildman–Crippen LogP) is -3.86. The zero-order valence-electron chi connectivity index (χ0n) is 7.32. The van der Waals surface area contributed by atoms with Crippen LogP contribution in [0.5, 0.6) is 0 Å². The van der Waals surface area contributed by atoms with Crippen molar-refractivity contribution in [2.24, 2.45) is 0 Å². The maximum atomic E-state index is 9.41. The summed E-state index contributed by atoms with van der Waals surface area (Å²) in [5.74, 6) is 0. The van der Waals surface area contributed by atoms with Gasteiger partial charge >= 0.3 is 0 Å². The Bertz CT molecular complexity index is 192. The predicted molar refractivity (Wildman–Crippen MR) is 42.0 cm³/mol. The fourth-order valence-corrected chi connectivity index (χ4v) is 1.36. The highest BCUT2D eigenvalue weighted by molar-refractivity contribution is 4.99. The highest BCUT2D eigenvalue weighted by atomic mass is 16.7. The van der Waals surface area contributed by atoms with Gasteiger partial charge in [0.25, 0.3) is 0 Å². The first-order chi connectivity index (χ1) is 6.48. The molecule has 14 heavy (non-hydrogen) atoms. The first kappa shape index (κ1) is 11.8. The summed E-state index contributed by atoms with van der Waals surface area (Å²) in [6, 6.07) is 0. The van der Waals surface area contributed by atoms with E-state index in [-0.39, 0.29) is 0 Å². The summed E-state index contributed by atoms with van der Waals surface area (Å²) in [4.78, 5) is 0. The standard InChI is InChI=1S/C7H14O7/c8-1-7(2-9)5(12)3(10)4(11)6(13)14-7/h3-6,8-13H,1-2H2. The molecule has 7 nitrogen and oxygen atoms in total. The molecular weight excluding hydrogens is 196 g/mol. The zero-order valence-corrected chi connectivity index (χ0v) is 7.32. The summed E-state index contributed by atoms with van der Waals surface area (Å²) >= 11 is 0. The second kappa shape index (κ2) is 4.07. The van der Waals surface area contributed by atoms with E-state index in [1.54, 1.807) is 0 Å². The molecule has 1 rings (SSSR count). The second-order valence-electron chi connectivity index (χ2n) is 3.32. The molecule has 0 radical (unpaired) electrons. The van der Waals surface area contributed by atoms with Crippen LogP contribution in [0.25, 0.3) is 0 Å². The smallest absolute Gasteiger partial charge is 0.184 e. The highest BCUT2D eigenvalue weighted by Gasteiger charge is 2.52. The molecule has 0 aliphatic carbocycles. The average Bonchev–Trinajstić information content (AvgIpc) is 2.21. The van der Waals surface area contributed by atoms with Gasteiger partial charge in [-0.3, -0.25) is 0 Å². The van der Waals surface area contributed by atoms with Gasteiger partial charge in [0, 0.05) is 0 Å². The quantitative estimate of drug-likeness (QED) is 0.275. The molecule has 84 valence electrons. The monoisotopic (exact) mass is 210 g/mol. The first-order valence-electron chi connectivity index (χ1n) is 4.10. The lowest BCUT2D eigenvalue weighted by Gasteiger charge is -2.45. The van der Waals surface area contributed by atoms with E-state index in [0.29, 0.717) is 0 Å². The van der Waals surface area contributed by atoms with Crippen LogP contribution in [0.3, 0.4) is 0 Å². The molecule has 0 spiro atoms. The minimum atomic E-state index is -1.85. The molecule has 4 unspecified atom stereocenters. The third-order valence-corrected chi connectivity index (χ3v) is 2.40. The minimum Gasteiger partial charge on any atom is -0.393 e. The molecule has 4 atom stereocenters. The fraction of sp³-hybridized carbons (Fsp3) is 1.00. The molecule has 1 heterocycles. The molecule has 0 amide bonds. The van der Waals surface area contributed by atoms with Crippen molar-refractivity contribution in [2.45, 2.75) is 30.2 Å². The summed E-state index contributed by atoms with van der Waals surface area (Å²) in [6.07, 6.45) is -6.78. The fourth-order valence-electron chi connectivity index (χ4n) is 1.36. The van der Waals surface area contributed by atoms with Gasteiger partial charge in [-0.1, -0.05) is 0 Å². The van der Waals surface area contributed by atoms with E-state index in [1.165, 1.54) is 0 Å². The lowest BCUT2D eigenvalue weighted by molar-refractivity contribution is -0.333. The van der Waals surface area contributed by atoms with E-state index in [4.69, 9.17) is 20.4 Å². The molecule has 0 aromatic rings. The van der Waals surface area contributed by atoms with Crippen LogP contribution < -0.4 is 0 Å². The van der Waals surface area contributed by atoms with Crippen molar-refractivity contribution in [3.63, 3.8) is 0 Å². The third-order valence-electron chi connectivity index (χ3n) is 2.40. The van der Waals surface area contributed by atoms with Crippen LogP contribution in [0, 0.1) is 0 Å². The first-order valence-corrected chi connectivity index (χ1v) is 4.10. The topological polar surface area (TPSA) is 131 Å². The number of hydrogen-bond acceptors (Lipinski definition) is 7. The second-order valence-corrected chi connectivity index (χ2v) is 3.32. The van der Waals surface area contributed by atoms with Gasteiger partial charge in [0.2, 0.25) is 0 Å². The van der Waals surface area contributed by atoms with Crippen LogP contribution in [-0.2, 0) is 4.74 Å². The lowest BCUT2D eigenvalue weighted by atomic mass is 9.88. The summed E-state index contributed by atoms with van der Waals surface area (Å²) in [5, 5.41) is 54.6. The van der Waals surface area contributed by atoms with Gasteiger partial charge in [-0.05, 0) is 0 Å². The van der Waals surface area contributed by atoms with Gasteiger partial charge in [0.1, 0.15) is 23.9 Å². The highest BCUT2D eigenvalue weighted by Crippen LogP contribution is 2.28. The maximum absolute atomic E-state index is 9.41. The molecule has 0 aromatic carbocycles. The molecule has 7 heteroatoms. The number of aliphatic hydroxyl groups is 6. The summed E-state index contributed by atoms with van der Waals surface area (Å²) in [5.41, 5.74) is -1.85. The molecule has 6 N–H and O–H groups in total. The largest absolute Gasteiger partial charge is 0.393 e. The normalized spacial score (nSPS) is 42.4. The maximum Gasteiger partial charge on any atom is 0.184 e. The Morgan fingerprint density at radius 1 is 0.929 bits per heavy atom. The van der Waals surface area contributed by atoms with Gasteiger partial charge in [0.15, 0.2) is 6.29 Å². The van der Waals surface area contributed by atoms with E-state index >= 15 is 0 Å². The summed E-state index contributed by atoms with van der Waals surface area (Å²) in [6.45, 7) is -1.57. The van der Waals surface area contributed by atoms with E-state index < -0.39 is 43.4 Å². The van der Waals surface area contributed by atoms with Crippen LogP contribution in [0.15, 0.2) is 0 Å². The molecule has 0 saturated carbocycles. The van der Waals surface area contributed by atoms with Crippen molar-refractivity contribution < 1.29 is 35.4 Å². The van der Waals surface area contributed by atoms with E-state index in [1.807, 2.05) is 0 Å². The Hall–Kier alpha value is -0.280. The molecule has 1 aliphatic rings. The Labute approximate surface area is 79.8 Å². The Morgan fingerprint density at radius 2 is 1.43 bits per heavy atom. The number of aliphatic hydroxyl groups excluding tert-OH is 6. The van der Waals surface area contributed by atoms with Gasteiger partial charge < -0.3 is 35.4 Å². The van der Waals surface area contributed by atoms with Crippen LogP contribution in [0.1, 0.15) is 0 Å². The van der Waals surface area contributed by atoms with Crippen molar-refractivity contribution in [3.8, 4) is 0 Å². The van der Waals surface area contributed by atoms with E-state index in [0.717, 1.165) is 0 Å². The molecule has 1 fully saturated rings. The van der Waals surface area contributed by atoms with Crippen molar-refractivity contribution >= 4 is 0 Å². The van der Waals surface area contributed by atoms with Crippen molar-refractivity contribution in [3.05, 3.63) is 0 Å². The lowest BCUT2D eigenvalue weighted by Crippen LogP contribution is -2.67. The minimum absolute atomic E-state index is 0.786. The van der Waals surface area contributed by atoms with Crippen LogP contribution in [-0.4, -0.2) is 74.1 Å². The van der Waals surface area contributed by atoms with Gasteiger partial charge in [-0.15, -0.1) is 0 Å². The van der Waals surface area contributed by atoms with Crippen molar-refractivity contribution in [1.29, 1.82) is 0 Å². The van der Waals surface area contributed by atoms with Crippen LogP contribution in [0.2, 0.25) is 0 Å². The van der Waals surface area contributed by atoms with Gasteiger partial charge in [0.05, 0.1) is 13.2 Å². The molecule has 0 aromatic heterocycles. The molecular formula is C7H14O7. The zero-order chi connectivity index (χ0) is 10.9. The SMILES string of the molecule is OCC1(CO)OC(O)C(O)C(O)C1O. The van der Waals surface area contributed by atoms with Crippen molar-refractivity contribution in [1.82, 2.24) is 0 Å². The molecule has 1 saturated heterocycles. The van der Waals surface area contributed by atoms with E-state index in [2.05, 4.69) is 4.74 Å². The summed E-state index contributed by atoms with van der Waals surface area (Å²) in [7, 11) is 0. The van der Waals surface area contributed by atoms with Crippen LogP contribution >= 0.6 is 0 Å². The van der Waals surface area contributed by atoms with Gasteiger partial charge in [-0.25, -0.2) is 0 Å². The Balaban J connectivity index is 2.88. The van der Waals surface area contributed by atoms with Gasteiger partial charge in [-0.2, -0.15) is 0 Å². The average molecular weight is 210 g/mol. The molecule has 1 aliphatic heterocycles.